The van der Waals surface area contributed by atoms with Crippen molar-refractivity contribution in [3.8, 4) is 0 Å². The van der Waals surface area contributed by atoms with Gasteiger partial charge in [-0.2, -0.15) is 0 Å². The van der Waals surface area contributed by atoms with Gasteiger partial charge in [0.15, 0.2) is 0 Å². The molecule has 0 aliphatic rings. The van der Waals surface area contributed by atoms with E-state index < -0.39 is 71.7 Å². The van der Waals surface area contributed by atoms with Crippen LogP contribution in [0, 0.1) is 17.8 Å². The van der Waals surface area contributed by atoms with Gasteiger partial charge in [-0.15, -0.1) is 0 Å². The predicted octanol–water partition coefficient (Wildman–Crippen LogP) is 2.69. The molecule has 0 bridgehead atoms. The predicted molar refractivity (Wildman–Crippen MR) is 201 cm³/mol. The van der Waals surface area contributed by atoms with E-state index in [0.717, 1.165) is 5.56 Å². The van der Waals surface area contributed by atoms with Crippen LogP contribution in [-0.4, -0.2) is 98.4 Å². The highest BCUT2D eigenvalue weighted by Crippen LogP contribution is 2.14. The van der Waals surface area contributed by atoms with Crippen LogP contribution in [0.2, 0.25) is 0 Å². The van der Waals surface area contributed by atoms with Crippen LogP contribution in [0.4, 0.5) is 4.79 Å². The molecule has 0 saturated heterocycles. The minimum Gasteiger partial charge on any atom is -0.480 e. The van der Waals surface area contributed by atoms with E-state index in [9.17, 15) is 34.2 Å². The lowest BCUT2D eigenvalue weighted by atomic mass is 9.97. The van der Waals surface area contributed by atoms with Gasteiger partial charge >= 0.3 is 12.1 Å². The van der Waals surface area contributed by atoms with E-state index in [4.69, 9.17) is 4.74 Å². The molecule has 15 heteroatoms. The van der Waals surface area contributed by atoms with Crippen molar-refractivity contribution in [1.29, 1.82) is 0 Å². The number of carboxylic acids is 1. The maximum absolute atomic E-state index is 14.0. The number of aromatic amines is 1. The molecule has 0 aliphatic carbocycles. The van der Waals surface area contributed by atoms with Crippen LogP contribution in [0.25, 0.3) is 0 Å². The van der Waals surface area contributed by atoms with E-state index in [0.29, 0.717) is 18.5 Å². The molecule has 15 nitrogen and oxygen atoms in total. The molecule has 53 heavy (non-hydrogen) atoms. The third-order valence-corrected chi connectivity index (χ3v) is 8.24. The maximum atomic E-state index is 14.0. The van der Waals surface area contributed by atoms with Crippen LogP contribution in [0.5, 0.6) is 0 Å². The molecule has 1 aromatic carbocycles. The van der Waals surface area contributed by atoms with Gasteiger partial charge in [-0.1, -0.05) is 71.9 Å². The van der Waals surface area contributed by atoms with Gasteiger partial charge in [0.2, 0.25) is 17.7 Å². The summed E-state index contributed by atoms with van der Waals surface area (Å²) in [5, 5.41) is 35.1. The number of hydrogen-bond donors (Lipinski definition) is 8. The number of benzene rings is 1. The fraction of sp³-hybridized carbons (Fsp3) is 0.632. The summed E-state index contributed by atoms with van der Waals surface area (Å²) >= 11 is 0. The number of carboxylic acid groups (broad SMARTS) is 1. The van der Waals surface area contributed by atoms with Crippen LogP contribution in [0.1, 0.15) is 86.4 Å². The normalized spacial score (nSPS) is 15.2. The second-order valence-corrected chi connectivity index (χ2v) is 15.7. The zero-order valence-electron chi connectivity index (χ0n) is 32.6. The molecule has 2 unspecified atom stereocenters. The lowest BCUT2D eigenvalue weighted by Gasteiger charge is -2.30. The quantitative estimate of drug-likeness (QED) is 0.0934. The summed E-state index contributed by atoms with van der Waals surface area (Å²) in [6.07, 6.45) is 1.98. The number of aliphatic hydroxyl groups is 1. The molecule has 6 atom stereocenters. The highest BCUT2D eigenvalue weighted by molar-refractivity contribution is 5.92. The number of nitrogens with zero attached hydrogens (tertiary/aromatic N) is 1. The molecule has 2 aromatic rings. The second kappa shape index (κ2) is 21.3. The van der Waals surface area contributed by atoms with E-state index in [2.05, 4.69) is 36.6 Å². The lowest BCUT2D eigenvalue weighted by Crippen LogP contribution is -2.59. The Kier molecular flexibility index (Phi) is 17.9. The van der Waals surface area contributed by atoms with Crippen molar-refractivity contribution in [2.75, 3.05) is 6.54 Å². The standard InChI is InChI=1S/C38H61N7O8/c1-22(2)15-27(31(46)20-40-28(16-23(3)4)33(47)45-32(24(5)6)36(50)51)42-35(49)30(18-26-19-39-21-41-26)43-34(48)29(17-25-13-11-10-12-14-25)44-37(52)53-38(7,8)9/h10-14,19,21-24,27-32,40,46H,15-18,20H2,1-9H3,(H,39,41)(H,42,49)(H,43,48)(H,44,52)(H,45,47)(H,50,51)/t27?,28-,29-,30-,31?,32-/m0/s1. The van der Waals surface area contributed by atoms with Gasteiger partial charge in [-0.25, -0.2) is 14.6 Å². The second-order valence-electron chi connectivity index (χ2n) is 15.7. The van der Waals surface area contributed by atoms with Gasteiger partial charge in [-0.05, 0) is 56.9 Å². The van der Waals surface area contributed by atoms with Gasteiger partial charge in [0.05, 0.1) is 30.2 Å². The summed E-state index contributed by atoms with van der Waals surface area (Å²) in [4.78, 5) is 72.7. The Morgan fingerprint density at radius 1 is 0.792 bits per heavy atom. The number of aliphatic hydroxyl groups excluding tert-OH is 1. The smallest absolute Gasteiger partial charge is 0.408 e. The number of H-pyrrole nitrogens is 1. The topological polar surface area (TPSA) is 224 Å². The first kappa shape index (κ1) is 44.7. The molecule has 0 saturated carbocycles. The van der Waals surface area contributed by atoms with E-state index >= 15 is 0 Å². The van der Waals surface area contributed by atoms with Crippen molar-refractivity contribution in [1.82, 2.24) is 36.6 Å². The number of ether oxygens (including phenoxy) is 1. The molecular formula is C38H61N7O8. The largest absolute Gasteiger partial charge is 0.480 e. The molecule has 8 N–H and O–H groups in total. The first-order chi connectivity index (χ1) is 24.7. The van der Waals surface area contributed by atoms with Crippen LogP contribution in [-0.2, 0) is 36.8 Å². The van der Waals surface area contributed by atoms with Crippen molar-refractivity contribution < 1.29 is 38.9 Å². The Hall–Kier alpha value is -4.50. The number of nitrogens with one attached hydrogen (secondary N) is 6. The SMILES string of the molecule is CC(C)CC(NC(=O)[C@H](Cc1c[nH]cn1)NC(=O)[C@H](Cc1ccccc1)NC(=O)OC(C)(C)C)C(O)CN[C@@H](CC(C)C)C(=O)N[C@H](C(=O)O)C(C)C. The Morgan fingerprint density at radius 2 is 1.38 bits per heavy atom. The molecule has 0 radical (unpaired) electrons. The third-order valence-electron chi connectivity index (χ3n) is 8.24. The summed E-state index contributed by atoms with van der Waals surface area (Å²) in [6, 6.07) is 4.19. The van der Waals surface area contributed by atoms with E-state index in [-0.39, 0.29) is 37.1 Å². The molecule has 4 amide bonds. The van der Waals surface area contributed by atoms with Crippen molar-refractivity contribution in [3.05, 3.63) is 54.1 Å². The van der Waals surface area contributed by atoms with Gasteiger partial charge in [0, 0.05) is 25.6 Å². The fourth-order valence-electron chi connectivity index (χ4n) is 5.63. The van der Waals surface area contributed by atoms with E-state index in [1.165, 1.54) is 6.33 Å². The van der Waals surface area contributed by atoms with Gasteiger partial charge in [0.1, 0.15) is 23.7 Å². The lowest BCUT2D eigenvalue weighted by molar-refractivity contribution is -0.143. The van der Waals surface area contributed by atoms with E-state index in [1.54, 1.807) is 40.8 Å². The monoisotopic (exact) mass is 743 g/mol. The van der Waals surface area contributed by atoms with Crippen molar-refractivity contribution in [2.24, 2.45) is 17.8 Å². The number of alkyl carbamates (subject to hydrolysis) is 1. The molecule has 296 valence electrons. The number of imidazole rings is 1. The van der Waals surface area contributed by atoms with Gasteiger partial charge in [-0.3, -0.25) is 14.4 Å². The first-order valence-corrected chi connectivity index (χ1v) is 18.3. The summed E-state index contributed by atoms with van der Waals surface area (Å²) in [6.45, 7) is 16.2. The first-order valence-electron chi connectivity index (χ1n) is 18.3. The number of carbonyl (C=O) groups excluding carboxylic acids is 4. The number of aliphatic carboxylic acids is 1. The Bertz CT molecular complexity index is 1440. The fourth-order valence-corrected chi connectivity index (χ4v) is 5.63. The van der Waals surface area contributed by atoms with Crippen LogP contribution in [0.15, 0.2) is 42.9 Å². The average Bonchev–Trinajstić information content (AvgIpc) is 3.56. The van der Waals surface area contributed by atoms with E-state index in [1.807, 2.05) is 58.0 Å². The molecule has 1 heterocycles. The molecule has 1 aromatic heterocycles. The van der Waals surface area contributed by atoms with Crippen molar-refractivity contribution in [3.63, 3.8) is 0 Å². The van der Waals surface area contributed by atoms with Gasteiger partial charge in [0.25, 0.3) is 0 Å². The highest BCUT2D eigenvalue weighted by atomic mass is 16.6. The Morgan fingerprint density at radius 3 is 1.91 bits per heavy atom. The summed E-state index contributed by atoms with van der Waals surface area (Å²) in [5.74, 6) is -3.07. The molecule has 0 aliphatic heterocycles. The Balaban J connectivity index is 2.30. The molecule has 0 spiro atoms. The minimum atomic E-state index is -1.16. The minimum absolute atomic E-state index is 0.00550. The number of hydrogen-bond acceptors (Lipinski definition) is 9. The van der Waals surface area contributed by atoms with Crippen LogP contribution < -0.4 is 26.6 Å². The number of aromatic nitrogens is 2. The summed E-state index contributed by atoms with van der Waals surface area (Å²) < 4.78 is 5.42. The molecule has 0 fully saturated rings. The summed E-state index contributed by atoms with van der Waals surface area (Å²) in [5.41, 5.74) is 0.461. The van der Waals surface area contributed by atoms with Gasteiger partial charge < -0.3 is 46.5 Å². The zero-order valence-corrected chi connectivity index (χ0v) is 32.6. The average molecular weight is 744 g/mol. The Labute approximate surface area is 313 Å². The molecular weight excluding hydrogens is 682 g/mol. The highest BCUT2D eigenvalue weighted by Gasteiger charge is 2.33. The third kappa shape index (κ3) is 16.8. The number of carbonyl (C=O) groups is 5. The van der Waals surface area contributed by atoms with Crippen molar-refractivity contribution >= 4 is 29.8 Å². The number of amides is 4. The molecule has 2 rings (SSSR count). The van der Waals surface area contributed by atoms with Crippen LogP contribution >= 0.6 is 0 Å². The zero-order chi connectivity index (χ0) is 39.9. The summed E-state index contributed by atoms with van der Waals surface area (Å²) in [7, 11) is 0. The number of rotatable bonds is 21. The maximum Gasteiger partial charge on any atom is 0.408 e. The van der Waals surface area contributed by atoms with Crippen LogP contribution in [0.3, 0.4) is 0 Å². The van der Waals surface area contributed by atoms with Crippen molar-refractivity contribution in [2.45, 2.75) is 130 Å².